The Hall–Kier alpha value is -4.39. The third kappa shape index (κ3) is 7.87. The van der Waals surface area contributed by atoms with Gasteiger partial charge in [-0.05, 0) is 76.7 Å². The van der Waals surface area contributed by atoms with Gasteiger partial charge < -0.3 is 18.9 Å². The Morgan fingerprint density at radius 1 is 0.738 bits per heavy atom. The molecule has 1 saturated heterocycles. The van der Waals surface area contributed by atoms with E-state index in [1.807, 2.05) is 78.9 Å². The molecule has 1 fully saturated rings. The number of benzene rings is 4. The van der Waals surface area contributed by atoms with Gasteiger partial charge in [-0.3, -0.25) is 9.69 Å². The molecule has 4 aromatic carbocycles. The minimum atomic E-state index is -0.289. The summed E-state index contributed by atoms with van der Waals surface area (Å²) in [7, 11) is 1.67. The molecular formula is C36H37NO5. The molecule has 1 aliphatic rings. The van der Waals surface area contributed by atoms with Crippen LogP contribution in [-0.2, 0) is 16.0 Å². The summed E-state index contributed by atoms with van der Waals surface area (Å²) in [6.07, 6.45) is 0.227. The van der Waals surface area contributed by atoms with E-state index < -0.39 is 0 Å². The number of hydrogen-bond donors (Lipinski definition) is 0. The molecule has 5 rings (SSSR count). The molecule has 0 saturated carbocycles. The van der Waals surface area contributed by atoms with Crippen LogP contribution in [0, 0.1) is 0 Å². The molecule has 1 aliphatic heterocycles. The lowest BCUT2D eigenvalue weighted by Crippen LogP contribution is -2.38. The Bertz CT molecular complexity index is 1460. The number of carbonyl (C=O) groups excluding carboxylic acids is 1. The quantitative estimate of drug-likeness (QED) is 0.117. The Morgan fingerprint density at radius 2 is 1.31 bits per heavy atom. The molecular weight excluding hydrogens is 526 g/mol. The van der Waals surface area contributed by atoms with Crippen LogP contribution in [0.1, 0.15) is 29.2 Å². The van der Waals surface area contributed by atoms with Gasteiger partial charge in [-0.25, -0.2) is 0 Å². The van der Waals surface area contributed by atoms with Crippen LogP contribution in [0.4, 0.5) is 0 Å². The van der Waals surface area contributed by atoms with Crippen molar-refractivity contribution in [2.24, 2.45) is 0 Å². The first-order valence-electron chi connectivity index (χ1n) is 14.3. The fourth-order valence-corrected chi connectivity index (χ4v) is 5.04. The molecule has 4 aromatic rings. The van der Waals surface area contributed by atoms with Crippen molar-refractivity contribution < 1.29 is 23.7 Å². The summed E-state index contributed by atoms with van der Waals surface area (Å²) in [5.74, 6) is 1.89. The second-order valence-corrected chi connectivity index (χ2v) is 10.2. The molecule has 0 bridgehead atoms. The fourth-order valence-electron chi connectivity index (χ4n) is 5.04. The molecule has 1 heterocycles. The summed E-state index contributed by atoms with van der Waals surface area (Å²) >= 11 is 0. The smallest absolute Gasteiger partial charge is 0.315 e. The highest BCUT2D eigenvalue weighted by atomic mass is 16.5. The monoisotopic (exact) mass is 563 g/mol. The minimum Gasteiger partial charge on any atom is -0.497 e. The van der Waals surface area contributed by atoms with E-state index in [2.05, 4.69) is 36.1 Å². The van der Waals surface area contributed by atoms with E-state index in [1.54, 1.807) is 7.11 Å². The van der Waals surface area contributed by atoms with Crippen molar-refractivity contribution in [3.05, 3.63) is 125 Å². The summed E-state index contributed by atoms with van der Waals surface area (Å²) in [5, 5.41) is 0. The number of methoxy groups -OCH3 is 1. The standard InChI is InChI=1S/C36H37NO5/c1-27(29-8-14-32(39-2)15-9-29)36(30-10-16-33(17-11-30)41-25-22-37-20-23-40-24-21-37)31-12-18-34(19-13-31)42-35(38)26-28-6-4-3-5-7-28/h3-19H,20-26H2,1-2H3/b36-27+. The van der Waals surface area contributed by atoms with Gasteiger partial charge in [0.05, 0.1) is 26.7 Å². The molecule has 0 N–H and O–H groups in total. The molecule has 6 heteroatoms. The van der Waals surface area contributed by atoms with Crippen molar-refractivity contribution in [3.8, 4) is 17.2 Å². The molecule has 42 heavy (non-hydrogen) atoms. The number of hydrogen-bond acceptors (Lipinski definition) is 6. The van der Waals surface area contributed by atoms with Gasteiger partial charge in [0.25, 0.3) is 0 Å². The predicted octanol–water partition coefficient (Wildman–Crippen LogP) is 6.53. The van der Waals surface area contributed by atoms with Gasteiger partial charge >= 0.3 is 5.97 Å². The van der Waals surface area contributed by atoms with Gasteiger partial charge in [-0.15, -0.1) is 0 Å². The largest absolute Gasteiger partial charge is 0.497 e. The zero-order valence-electron chi connectivity index (χ0n) is 24.3. The summed E-state index contributed by atoms with van der Waals surface area (Å²) in [6, 6.07) is 33.6. The molecule has 216 valence electrons. The third-order valence-corrected chi connectivity index (χ3v) is 7.39. The highest BCUT2D eigenvalue weighted by Crippen LogP contribution is 2.34. The Balaban J connectivity index is 1.34. The second kappa shape index (κ2) is 14.5. The zero-order valence-corrected chi connectivity index (χ0v) is 24.3. The van der Waals surface area contributed by atoms with Crippen molar-refractivity contribution in [1.29, 1.82) is 0 Å². The SMILES string of the molecule is COc1ccc(/C(C)=C(\c2ccc(OCCN3CCOCC3)cc2)c2ccc(OC(=O)Cc3ccccc3)cc2)cc1. The number of carbonyl (C=O) groups is 1. The highest BCUT2D eigenvalue weighted by molar-refractivity contribution is 5.98. The van der Waals surface area contributed by atoms with Gasteiger partial charge in [0.15, 0.2) is 0 Å². The minimum absolute atomic E-state index is 0.227. The van der Waals surface area contributed by atoms with E-state index in [0.29, 0.717) is 12.4 Å². The van der Waals surface area contributed by atoms with Crippen LogP contribution in [0.5, 0.6) is 17.2 Å². The number of nitrogens with zero attached hydrogens (tertiary/aromatic N) is 1. The van der Waals surface area contributed by atoms with Gasteiger partial charge in [0.2, 0.25) is 0 Å². The number of esters is 1. The lowest BCUT2D eigenvalue weighted by Gasteiger charge is -2.26. The van der Waals surface area contributed by atoms with Crippen molar-refractivity contribution >= 4 is 17.1 Å². The van der Waals surface area contributed by atoms with Gasteiger partial charge in [0.1, 0.15) is 23.9 Å². The van der Waals surface area contributed by atoms with Crippen LogP contribution in [0.15, 0.2) is 103 Å². The van der Waals surface area contributed by atoms with Gasteiger partial charge in [-0.2, -0.15) is 0 Å². The first-order chi connectivity index (χ1) is 20.6. The van der Waals surface area contributed by atoms with Gasteiger partial charge in [-0.1, -0.05) is 66.7 Å². The topological polar surface area (TPSA) is 57.2 Å². The summed E-state index contributed by atoms with van der Waals surface area (Å²) in [5.41, 5.74) is 6.31. The van der Waals surface area contributed by atoms with Crippen LogP contribution in [0.2, 0.25) is 0 Å². The molecule has 0 aliphatic carbocycles. The maximum atomic E-state index is 12.5. The normalized spacial score (nSPS) is 14.1. The maximum absolute atomic E-state index is 12.5. The summed E-state index contributed by atoms with van der Waals surface area (Å²) < 4.78 is 22.5. The Morgan fingerprint density at radius 3 is 1.93 bits per heavy atom. The van der Waals surface area contributed by atoms with Crippen molar-refractivity contribution in [3.63, 3.8) is 0 Å². The fraction of sp³-hybridized carbons (Fsp3) is 0.250. The lowest BCUT2D eigenvalue weighted by atomic mass is 9.90. The first-order valence-corrected chi connectivity index (χ1v) is 14.3. The zero-order chi connectivity index (χ0) is 29.1. The maximum Gasteiger partial charge on any atom is 0.315 e. The average molecular weight is 564 g/mol. The molecule has 0 amide bonds. The molecule has 0 spiro atoms. The molecule has 0 aromatic heterocycles. The van der Waals surface area contributed by atoms with Crippen LogP contribution in [0.3, 0.4) is 0 Å². The van der Waals surface area contributed by atoms with E-state index in [-0.39, 0.29) is 12.4 Å². The number of rotatable bonds is 11. The molecule has 0 radical (unpaired) electrons. The number of allylic oxidation sites excluding steroid dienone is 1. The highest BCUT2D eigenvalue weighted by Gasteiger charge is 2.14. The van der Waals surface area contributed by atoms with E-state index in [0.717, 1.165) is 77.7 Å². The predicted molar refractivity (Wildman–Crippen MR) is 166 cm³/mol. The van der Waals surface area contributed by atoms with Crippen molar-refractivity contribution in [2.75, 3.05) is 46.6 Å². The lowest BCUT2D eigenvalue weighted by molar-refractivity contribution is -0.133. The van der Waals surface area contributed by atoms with E-state index in [4.69, 9.17) is 18.9 Å². The Labute approximate surface area is 248 Å². The van der Waals surface area contributed by atoms with E-state index in [1.165, 1.54) is 0 Å². The molecule has 6 nitrogen and oxygen atoms in total. The molecule has 0 atom stereocenters. The number of ether oxygens (including phenoxy) is 4. The average Bonchev–Trinajstić information content (AvgIpc) is 3.03. The first kappa shape index (κ1) is 29.1. The van der Waals surface area contributed by atoms with Crippen molar-refractivity contribution in [2.45, 2.75) is 13.3 Å². The van der Waals surface area contributed by atoms with Crippen LogP contribution >= 0.6 is 0 Å². The summed E-state index contributed by atoms with van der Waals surface area (Å²) in [4.78, 5) is 14.9. The van der Waals surface area contributed by atoms with E-state index in [9.17, 15) is 4.79 Å². The summed E-state index contributed by atoms with van der Waals surface area (Å²) in [6.45, 7) is 7.12. The Kier molecular flexibility index (Phi) is 10.0. The van der Waals surface area contributed by atoms with Crippen molar-refractivity contribution in [1.82, 2.24) is 4.90 Å². The third-order valence-electron chi connectivity index (χ3n) is 7.39. The van der Waals surface area contributed by atoms with Crippen LogP contribution < -0.4 is 14.2 Å². The van der Waals surface area contributed by atoms with Crippen LogP contribution in [0.25, 0.3) is 11.1 Å². The van der Waals surface area contributed by atoms with E-state index >= 15 is 0 Å². The van der Waals surface area contributed by atoms with Gasteiger partial charge in [0, 0.05) is 19.6 Å². The van der Waals surface area contributed by atoms with Crippen LogP contribution in [-0.4, -0.2) is 57.4 Å². The number of morpholine rings is 1. The second-order valence-electron chi connectivity index (χ2n) is 10.2. The molecule has 0 unspecified atom stereocenters.